The Morgan fingerprint density at radius 2 is 1.56 bits per heavy atom. The van der Waals surface area contributed by atoms with Gasteiger partial charge in [-0.3, -0.25) is 4.98 Å². The minimum absolute atomic E-state index is 0.173. The normalized spacial score (nSPS) is 10.6. The Kier molecular flexibility index (Phi) is 4.49. The molecule has 2 aromatic carbocycles. The highest BCUT2D eigenvalue weighted by atomic mass is 16.5. The van der Waals surface area contributed by atoms with Crippen molar-refractivity contribution in [3.63, 3.8) is 0 Å². The molecule has 4 aromatic rings. The maximum atomic E-state index is 10.4. The molecule has 0 atom stereocenters. The lowest BCUT2D eigenvalue weighted by atomic mass is 9.99. The summed E-state index contributed by atoms with van der Waals surface area (Å²) in [6, 6.07) is 18.6. The van der Waals surface area contributed by atoms with Crippen LogP contribution in [0.3, 0.4) is 0 Å². The van der Waals surface area contributed by atoms with Gasteiger partial charge in [0.15, 0.2) is 5.82 Å². The van der Waals surface area contributed by atoms with Gasteiger partial charge < -0.3 is 9.84 Å². The van der Waals surface area contributed by atoms with Gasteiger partial charge in [0.25, 0.3) is 0 Å². The first-order chi connectivity index (χ1) is 13.3. The molecular formula is C22H17N3O2. The standard InChI is InChI=1S/C22H17N3O2/c1-27-17-8-6-15(7-9-17)19-14-24-22(16-10-12-23-13-11-16)25-21(19)18-4-2-3-5-20(18)26/h2-14,26H,1H3. The number of hydrogen-bond acceptors (Lipinski definition) is 5. The number of aromatic nitrogens is 3. The van der Waals surface area contributed by atoms with E-state index in [0.717, 1.165) is 22.4 Å². The van der Waals surface area contributed by atoms with Crippen LogP contribution in [0.1, 0.15) is 0 Å². The molecule has 0 aliphatic heterocycles. The number of phenolic OH excluding ortho intramolecular Hbond substituents is 1. The van der Waals surface area contributed by atoms with E-state index < -0.39 is 0 Å². The van der Waals surface area contributed by atoms with Crippen molar-refractivity contribution in [3.8, 4) is 45.3 Å². The average molecular weight is 355 g/mol. The minimum atomic E-state index is 0.173. The number of para-hydroxylation sites is 1. The van der Waals surface area contributed by atoms with Gasteiger partial charge in [-0.15, -0.1) is 0 Å². The van der Waals surface area contributed by atoms with Crippen molar-refractivity contribution in [1.29, 1.82) is 0 Å². The molecule has 0 aliphatic rings. The summed E-state index contributed by atoms with van der Waals surface area (Å²) in [6.07, 6.45) is 5.19. The lowest BCUT2D eigenvalue weighted by molar-refractivity contribution is 0.415. The SMILES string of the molecule is COc1ccc(-c2cnc(-c3ccncc3)nc2-c2ccccc2O)cc1. The first-order valence-electron chi connectivity index (χ1n) is 8.46. The van der Waals surface area contributed by atoms with Crippen LogP contribution >= 0.6 is 0 Å². The van der Waals surface area contributed by atoms with Crippen LogP contribution in [0.15, 0.2) is 79.3 Å². The Morgan fingerprint density at radius 3 is 2.26 bits per heavy atom. The summed E-state index contributed by atoms with van der Waals surface area (Å²) in [5.41, 5.74) is 3.95. The molecule has 132 valence electrons. The summed E-state index contributed by atoms with van der Waals surface area (Å²) in [4.78, 5) is 13.3. The Morgan fingerprint density at radius 1 is 0.815 bits per heavy atom. The van der Waals surface area contributed by atoms with Gasteiger partial charge in [0.1, 0.15) is 11.5 Å². The molecule has 0 fully saturated rings. The van der Waals surface area contributed by atoms with Crippen molar-refractivity contribution in [2.45, 2.75) is 0 Å². The van der Waals surface area contributed by atoms with Crippen LogP contribution < -0.4 is 4.74 Å². The van der Waals surface area contributed by atoms with E-state index in [0.29, 0.717) is 17.1 Å². The fourth-order valence-electron chi connectivity index (χ4n) is 2.88. The predicted octanol–water partition coefficient (Wildman–Crippen LogP) is 4.59. The van der Waals surface area contributed by atoms with Crippen molar-refractivity contribution in [2.24, 2.45) is 0 Å². The number of hydrogen-bond donors (Lipinski definition) is 1. The Balaban J connectivity index is 1.91. The van der Waals surface area contributed by atoms with Gasteiger partial charge in [-0.05, 0) is 42.0 Å². The van der Waals surface area contributed by atoms with Crippen LogP contribution in [-0.2, 0) is 0 Å². The summed E-state index contributed by atoms with van der Waals surface area (Å²) < 4.78 is 5.24. The summed E-state index contributed by atoms with van der Waals surface area (Å²) in [6.45, 7) is 0. The molecule has 0 unspecified atom stereocenters. The fourth-order valence-corrected chi connectivity index (χ4v) is 2.88. The zero-order chi connectivity index (χ0) is 18.6. The second kappa shape index (κ2) is 7.25. The zero-order valence-electron chi connectivity index (χ0n) is 14.7. The van der Waals surface area contributed by atoms with E-state index >= 15 is 0 Å². The second-order valence-corrected chi connectivity index (χ2v) is 5.94. The highest BCUT2D eigenvalue weighted by Crippen LogP contribution is 2.36. The fraction of sp³-hybridized carbons (Fsp3) is 0.0455. The second-order valence-electron chi connectivity index (χ2n) is 5.94. The van der Waals surface area contributed by atoms with Crippen molar-refractivity contribution < 1.29 is 9.84 Å². The van der Waals surface area contributed by atoms with E-state index in [1.54, 1.807) is 37.8 Å². The van der Waals surface area contributed by atoms with E-state index in [-0.39, 0.29) is 5.75 Å². The zero-order valence-corrected chi connectivity index (χ0v) is 14.7. The summed E-state index contributed by atoms with van der Waals surface area (Å²) in [7, 11) is 1.63. The molecule has 27 heavy (non-hydrogen) atoms. The maximum absolute atomic E-state index is 10.4. The van der Waals surface area contributed by atoms with Crippen molar-refractivity contribution in [3.05, 3.63) is 79.3 Å². The topological polar surface area (TPSA) is 68.1 Å². The van der Waals surface area contributed by atoms with Gasteiger partial charge in [-0.2, -0.15) is 0 Å². The van der Waals surface area contributed by atoms with Crippen LogP contribution in [0.4, 0.5) is 0 Å². The minimum Gasteiger partial charge on any atom is -0.507 e. The van der Waals surface area contributed by atoms with Crippen molar-refractivity contribution in [1.82, 2.24) is 15.0 Å². The summed E-state index contributed by atoms with van der Waals surface area (Å²) in [5.74, 6) is 1.52. The molecule has 1 N–H and O–H groups in total. The Labute approximate surface area is 157 Å². The molecule has 0 saturated carbocycles. The van der Waals surface area contributed by atoms with E-state index in [1.807, 2.05) is 48.5 Å². The molecule has 0 radical (unpaired) electrons. The number of rotatable bonds is 4. The predicted molar refractivity (Wildman–Crippen MR) is 104 cm³/mol. The van der Waals surface area contributed by atoms with Gasteiger partial charge in [0, 0.05) is 35.3 Å². The van der Waals surface area contributed by atoms with Crippen LogP contribution in [0.2, 0.25) is 0 Å². The van der Waals surface area contributed by atoms with Gasteiger partial charge in [0.05, 0.1) is 12.8 Å². The molecule has 0 aliphatic carbocycles. The van der Waals surface area contributed by atoms with Crippen molar-refractivity contribution >= 4 is 0 Å². The third-order valence-corrected chi connectivity index (χ3v) is 4.29. The first-order valence-corrected chi connectivity index (χ1v) is 8.46. The quantitative estimate of drug-likeness (QED) is 0.580. The molecule has 2 aromatic heterocycles. The van der Waals surface area contributed by atoms with Crippen LogP contribution in [0.25, 0.3) is 33.8 Å². The van der Waals surface area contributed by atoms with Gasteiger partial charge >= 0.3 is 0 Å². The summed E-state index contributed by atoms with van der Waals surface area (Å²) >= 11 is 0. The monoisotopic (exact) mass is 355 g/mol. The smallest absolute Gasteiger partial charge is 0.159 e. The van der Waals surface area contributed by atoms with Crippen LogP contribution in [-0.4, -0.2) is 27.2 Å². The number of nitrogens with zero attached hydrogens (tertiary/aromatic N) is 3. The van der Waals surface area contributed by atoms with E-state index in [1.165, 1.54) is 0 Å². The molecule has 0 spiro atoms. The Hall–Kier alpha value is -3.73. The van der Waals surface area contributed by atoms with E-state index in [4.69, 9.17) is 9.72 Å². The molecule has 0 bridgehead atoms. The number of pyridine rings is 1. The number of phenols is 1. The number of methoxy groups -OCH3 is 1. The number of benzene rings is 2. The maximum Gasteiger partial charge on any atom is 0.159 e. The number of aromatic hydroxyl groups is 1. The highest BCUT2D eigenvalue weighted by Gasteiger charge is 2.15. The van der Waals surface area contributed by atoms with Crippen LogP contribution in [0.5, 0.6) is 11.5 Å². The molecule has 4 rings (SSSR count). The average Bonchev–Trinajstić information content (AvgIpc) is 2.74. The van der Waals surface area contributed by atoms with E-state index in [9.17, 15) is 5.11 Å². The molecule has 0 amide bonds. The van der Waals surface area contributed by atoms with Gasteiger partial charge in [0.2, 0.25) is 0 Å². The lowest BCUT2D eigenvalue weighted by Crippen LogP contribution is -1.96. The highest BCUT2D eigenvalue weighted by molar-refractivity contribution is 5.84. The summed E-state index contributed by atoms with van der Waals surface area (Å²) in [5, 5.41) is 10.4. The molecule has 5 nitrogen and oxygen atoms in total. The van der Waals surface area contributed by atoms with E-state index in [2.05, 4.69) is 9.97 Å². The Bertz CT molecular complexity index is 1060. The first kappa shape index (κ1) is 16.7. The van der Waals surface area contributed by atoms with Gasteiger partial charge in [-0.1, -0.05) is 24.3 Å². The molecular weight excluding hydrogens is 338 g/mol. The molecule has 2 heterocycles. The third kappa shape index (κ3) is 3.35. The largest absolute Gasteiger partial charge is 0.507 e. The molecule has 0 saturated heterocycles. The third-order valence-electron chi connectivity index (χ3n) is 4.29. The molecule has 5 heteroatoms. The van der Waals surface area contributed by atoms with Crippen LogP contribution in [0, 0.1) is 0 Å². The number of ether oxygens (including phenoxy) is 1. The van der Waals surface area contributed by atoms with Crippen molar-refractivity contribution in [2.75, 3.05) is 7.11 Å². The van der Waals surface area contributed by atoms with Gasteiger partial charge in [-0.25, -0.2) is 9.97 Å². The lowest BCUT2D eigenvalue weighted by Gasteiger charge is -2.12.